The largest absolute Gasteiger partial charge is 0.453 e. The van der Waals surface area contributed by atoms with E-state index in [1.807, 2.05) is 0 Å². The van der Waals surface area contributed by atoms with Gasteiger partial charge in [0.1, 0.15) is 0 Å². The molecule has 3 rings (SSSR count). The third kappa shape index (κ3) is 4.99. The van der Waals surface area contributed by atoms with Crippen molar-refractivity contribution in [2.24, 2.45) is 0 Å². The molecule has 0 aliphatic rings. The summed E-state index contributed by atoms with van der Waals surface area (Å²) in [6.45, 7) is 3.08. The van der Waals surface area contributed by atoms with E-state index in [1.165, 1.54) is 24.3 Å². The molecular weight excluding hydrogens is 433 g/mol. The number of nitro benzene ring substituents is 1. The van der Waals surface area contributed by atoms with Crippen molar-refractivity contribution in [2.45, 2.75) is 39.0 Å². The number of nitro groups is 1. The van der Waals surface area contributed by atoms with E-state index in [4.69, 9.17) is 0 Å². The zero-order chi connectivity index (χ0) is 23.6. The minimum absolute atomic E-state index is 0.00265. The van der Waals surface area contributed by atoms with Crippen LogP contribution in [0.5, 0.6) is 0 Å². The van der Waals surface area contributed by atoms with Gasteiger partial charge in [0.05, 0.1) is 11.0 Å². The Labute approximate surface area is 179 Å². The van der Waals surface area contributed by atoms with Gasteiger partial charge >= 0.3 is 6.18 Å². The molecule has 1 amide bonds. The second kappa shape index (κ2) is 8.86. The Morgan fingerprint density at radius 1 is 1.25 bits per heavy atom. The number of alkyl halides is 3. The molecule has 32 heavy (non-hydrogen) atoms. The van der Waals surface area contributed by atoms with Crippen molar-refractivity contribution < 1.29 is 28.0 Å². The molecule has 2 heterocycles. The maximum atomic E-state index is 12.9. The Morgan fingerprint density at radius 3 is 2.50 bits per heavy atom. The molecule has 0 saturated heterocycles. The summed E-state index contributed by atoms with van der Waals surface area (Å²) in [6.07, 6.45) is -5.56. The number of hydrogen-bond donors (Lipinski definition) is 2. The van der Waals surface area contributed by atoms with E-state index >= 15 is 0 Å². The Bertz CT molecular complexity index is 1160. The van der Waals surface area contributed by atoms with Gasteiger partial charge in [0.25, 0.3) is 17.3 Å². The van der Waals surface area contributed by atoms with Crippen LogP contribution in [0.2, 0.25) is 0 Å². The highest BCUT2D eigenvalue weighted by atomic mass is 19.4. The number of aromatic nitrogens is 4. The van der Waals surface area contributed by atoms with Crippen LogP contribution in [0.1, 0.15) is 40.9 Å². The van der Waals surface area contributed by atoms with Crippen molar-refractivity contribution in [1.29, 1.82) is 0 Å². The van der Waals surface area contributed by atoms with Crippen LogP contribution in [0.15, 0.2) is 24.3 Å². The summed E-state index contributed by atoms with van der Waals surface area (Å²) in [6, 6.07) is 5.30. The SMILES string of the molecule is Cc1nc2nc(C(F)(F)F)nn2c(C)c1CCC(=O)NC[C@H](O)c1ccc([N+](=O)[O-])cc1. The topological polar surface area (TPSA) is 136 Å². The number of aliphatic hydroxyl groups is 1. The fourth-order valence-electron chi connectivity index (χ4n) is 3.16. The molecule has 170 valence electrons. The quantitative estimate of drug-likeness (QED) is 0.415. The lowest BCUT2D eigenvalue weighted by Gasteiger charge is -2.13. The summed E-state index contributed by atoms with van der Waals surface area (Å²) in [7, 11) is 0. The van der Waals surface area contributed by atoms with Crippen molar-refractivity contribution in [2.75, 3.05) is 6.54 Å². The number of hydrogen-bond acceptors (Lipinski definition) is 7. The van der Waals surface area contributed by atoms with Gasteiger partial charge in [-0.05, 0) is 43.5 Å². The molecule has 1 aromatic carbocycles. The first-order valence-electron chi connectivity index (χ1n) is 9.46. The van der Waals surface area contributed by atoms with Gasteiger partial charge in [0.15, 0.2) is 0 Å². The summed E-state index contributed by atoms with van der Waals surface area (Å²) in [5.74, 6) is -1.85. The second-order valence-electron chi connectivity index (χ2n) is 7.07. The molecular formula is C19H19F3N6O4. The van der Waals surface area contributed by atoms with Gasteiger partial charge < -0.3 is 10.4 Å². The molecule has 0 fully saturated rings. The van der Waals surface area contributed by atoms with E-state index in [0.717, 1.165) is 4.52 Å². The molecule has 0 saturated carbocycles. The van der Waals surface area contributed by atoms with E-state index in [9.17, 15) is 33.2 Å². The molecule has 0 spiro atoms. The minimum atomic E-state index is -4.70. The van der Waals surface area contributed by atoms with Gasteiger partial charge in [0, 0.05) is 36.5 Å². The zero-order valence-electron chi connectivity index (χ0n) is 17.0. The van der Waals surface area contributed by atoms with Crippen LogP contribution in [-0.4, -0.2) is 42.1 Å². The fraction of sp³-hybridized carbons (Fsp3) is 0.368. The smallest absolute Gasteiger partial charge is 0.387 e. The number of nitrogens with zero attached hydrogens (tertiary/aromatic N) is 5. The predicted molar refractivity (Wildman–Crippen MR) is 105 cm³/mol. The molecule has 0 aliphatic carbocycles. The first-order valence-corrected chi connectivity index (χ1v) is 9.46. The molecule has 2 aromatic heterocycles. The van der Waals surface area contributed by atoms with Crippen LogP contribution in [0, 0.1) is 24.0 Å². The number of non-ortho nitro benzene ring substituents is 1. The van der Waals surface area contributed by atoms with Gasteiger partial charge in [-0.3, -0.25) is 14.9 Å². The van der Waals surface area contributed by atoms with Gasteiger partial charge in [-0.1, -0.05) is 0 Å². The van der Waals surface area contributed by atoms with E-state index in [2.05, 4.69) is 20.4 Å². The molecule has 3 aromatic rings. The zero-order valence-corrected chi connectivity index (χ0v) is 17.0. The van der Waals surface area contributed by atoms with Crippen molar-refractivity contribution in [1.82, 2.24) is 24.9 Å². The molecule has 10 nitrogen and oxygen atoms in total. The number of amides is 1. The third-order valence-corrected chi connectivity index (χ3v) is 4.89. The summed E-state index contributed by atoms with van der Waals surface area (Å²) >= 11 is 0. The van der Waals surface area contributed by atoms with Crippen LogP contribution < -0.4 is 5.32 Å². The number of fused-ring (bicyclic) bond motifs is 1. The van der Waals surface area contributed by atoms with Crippen LogP contribution >= 0.6 is 0 Å². The molecule has 13 heteroatoms. The lowest BCUT2D eigenvalue weighted by Crippen LogP contribution is -2.28. The average Bonchev–Trinajstić information content (AvgIpc) is 3.16. The highest BCUT2D eigenvalue weighted by Crippen LogP contribution is 2.27. The highest BCUT2D eigenvalue weighted by molar-refractivity contribution is 5.76. The summed E-state index contributed by atoms with van der Waals surface area (Å²) in [4.78, 5) is 29.8. The molecule has 2 N–H and O–H groups in total. The first kappa shape index (κ1) is 23.1. The Morgan fingerprint density at radius 2 is 1.91 bits per heavy atom. The number of carbonyl (C=O) groups is 1. The van der Waals surface area contributed by atoms with Gasteiger partial charge in [0.2, 0.25) is 5.91 Å². The first-order chi connectivity index (χ1) is 15.0. The predicted octanol–water partition coefficient (Wildman–Crippen LogP) is 2.45. The lowest BCUT2D eigenvalue weighted by molar-refractivity contribution is -0.384. The normalized spacial score (nSPS) is 12.7. The van der Waals surface area contributed by atoms with Crippen LogP contribution in [-0.2, 0) is 17.4 Å². The standard InChI is InChI=1S/C19H19F3N6O4/c1-10-14(11(2)27-18(24-10)25-17(26-27)19(20,21)22)7-8-16(30)23-9-15(29)12-3-5-13(6-4-12)28(31)32/h3-6,15,29H,7-9H2,1-2H3,(H,23,30)/t15-/m0/s1. The number of carbonyl (C=O) groups excluding carboxylic acids is 1. The second-order valence-corrected chi connectivity index (χ2v) is 7.07. The summed E-state index contributed by atoms with van der Waals surface area (Å²) in [5, 5.41) is 26.9. The highest BCUT2D eigenvalue weighted by Gasteiger charge is 2.37. The molecule has 0 aliphatic heterocycles. The van der Waals surface area contributed by atoms with E-state index < -0.39 is 23.0 Å². The van der Waals surface area contributed by atoms with Crippen LogP contribution in [0.4, 0.5) is 18.9 Å². The van der Waals surface area contributed by atoms with Gasteiger partial charge in [-0.15, -0.1) is 5.10 Å². The molecule has 0 unspecified atom stereocenters. The van der Waals surface area contributed by atoms with Crippen LogP contribution in [0.25, 0.3) is 5.78 Å². The Kier molecular flexibility index (Phi) is 6.39. The summed E-state index contributed by atoms with van der Waals surface area (Å²) < 4.78 is 39.6. The van der Waals surface area contributed by atoms with Gasteiger partial charge in [-0.2, -0.15) is 18.2 Å². The Balaban J connectivity index is 1.62. The minimum Gasteiger partial charge on any atom is -0.387 e. The average molecular weight is 452 g/mol. The number of halogens is 3. The molecule has 0 radical (unpaired) electrons. The van der Waals surface area contributed by atoms with Crippen molar-refractivity contribution in [3.8, 4) is 0 Å². The third-order valence-electron chi connectivity index (χ3n) is 4.89. The van der Waals surface area contributed by atoms with E-state index in [-0.39, 0.29) is 36.8 Å². The Hall–Kier alpha value is -3.61. The maximum Gasteiger partial charge on any atom is 0.453 e. The summed E-state index contributed by atoms with van der Waals surface area (Å²) in [5.41, 5.74) is 1.70. The van der Waals surface area contributed by atoms with Crippen molar-refractivity contribution in [3.63, 3.8) is 0 Å². The van der Waals surface area contributed by atoms with E-state index in [0.29, 0.717) is 22.5 Å². The maximum absolute atomic E-state index is 12.9. The van der Waals surface area contributed by atoms with Crippen LogP contribution in [0.3, 0.4) is 0 Å². The number of aliphatic hydroxyl groups excluding tert-OH is 1. The van der Waals surface area contributed by atoms with Crippen molar-refractivity contribution >= 4 is 17.4 Å². The number of rotatable bonds is 7. The number of benzene rings is 1. The number of aryl methyl sites for hydroxylation is 2. The molecule has 1 atom stereocenters. The van der Waals surface area contributed by atoms with Crippen molar-refractivity contribution in [3.05, 3.63) is 62.7 Å². The monoisotopic (exact) mass is 452 g/mol. The number of nitrogens with one attached hydrogen (secondary N) is 1. The lowest BCUT2D eigenvalue weighted by atomic mass is 10.1. The molecule has 0 bridgehead atoms. The van der Waals surface area contributed by atoms with E-state index in [1.54, 1.807) is 13.8 Å². The van der Waals surface area contributed by atoms with Gasteiger partial charge in [-0.25, -0.2) is 9.50 Å². The fourth-order valence-corrected chi connectivity index (χ4v) is 3.16.